The van der Waals surface area contributed by atoms with Gasteiger partial charge in [-0.25, -0.2) is 0 Å². The first-order valence-electron chi connectivity index (χ1n) is 9.58. The van der Waals surface area contributed by atoms with Crippen molar-refractivity contribution >= 4 is 19.9 Å². The van der Waals surface area contributed by atoms with Crippen LogP contribution in [0.2, 0.25) is 18.1 Å². The fourth-order valence-corrected chi connectivity index (χ4v) is 4.85. The SMILES string of the molecule is CC1=CN2C(=O)c3cc(C)c(O)cc3N(C)[C@@H](O[Si](C)(C)C(C)(C)C)[C@@H]2C1. The van der Waals surface area contributed by atoms with Gasteiger partial charge >= 0.3 is 0 Å². The number of benzene rings is 1. The van der Waals surface area contributed by atoms with Crippen molar-refractivity contribution in [2.45, 2.75) is 71.4 Å². The van der Waals surface area contributed by atoms with Crippen molar-refractivity contribution in [2.24, 2.45) is 0 Å². The number of phenols is 1. The predicted molar refractivity (Wildman–Crippen MR) is 112 cm³/mol. The summed E-state index contributed by atoms with van der Waals surface area (Å²) in [7, 11) is -0.103. The molecule has 0 fully saturated rings. The van der Waals surface area contributed by atoms with Gasteiger partial charge in [0.15, 0.2) is 8.32 Å². The fourth-order valence-electron chi connectivity index (χ4n) is 3.58. The third-order valence-electron chi connectivity index (χ3n) is 6.34. The molecule has 2 atom stereocenters. The number of aryl methyl sites for hydroxylation is 1. The minimum Gasteiger partial charge on any atom is -0.508 e. The molecule has 2 aliphatic rings. The van der Waals surface area contributed by atoms with E-state index in [9.17, 15) is 9.90 Å². The molecule has 27 heavy (non-hydrogen) atoms. The maximum absolute atomic E-state index is 13.3. The Labute approximate surface area is 163 Å². The van der Waals surface area contributed by atoms with Crippen LogP contribution in [0.3, 0.4) is 0 Å². The topological polar surface area (TPSA) is 53.0 Å². The van der Waals surface area contributed by atoms with Crippen LogP contribution in [0, 0.1) is 6.92 Å². The number of hydrogen-bond acceptors (Lipinski definition) is 4. The lowest BCUT2D eigenvalue weighted by Crippen LogP contribution is -2.55. The van der Waals surface area contributed by atoms with Gasteiger partial charge in [0, 0.05) is 19.3 Å². The van der Waals surface area contributed by atoms with Gasteiger partial charge in [-0.2, -0.15) is 0 Å². The van der Waals surface area contributed by atoms with Gasteiger partial charge in [0.2, 0.25) is 0 Å². The van der Waals surface area contributed by atoms with E-state index in [1.165, 1.54) is 5.57 Å². The van der Waals surface area contributed by atoms with E-state index in [2.05, 4.69) is 40.8 Å². The number of rotatable bonds is 2. The molecule has 0 saturated heterocycles. The summed E-state index contributed by atoms with van der Waals surface area (Å²) in [5.74, 6) is 0.177. The number of anilines is 1. The fraction of sp³-hybridized carbons (Fsp3) is 0.571. The molecule has 0 radical (unpaired) electrons. The summed E-state index contributed by atoms with van der Waals surface area (Å²) in [4.78, 5) is 17.2. The summed E-state index contributed by atoms with van der Waals surface area (Å²) in [5.41, 5.74) is 3.23. The molecule has 6 heteroatoms. The van der Waals surface area contributed by atoms with Gasteiger partial charge < -0.3 is 19.3 Å². The summed E-state index contributed by atoms with van der Waals surface area (Å²) < 4.78 is 6.83. The lowest BCUT2D eigenvalue weighted by Gasteiger charge is -2.44. The Kier molecular flexibility index (Phi) is 4.71. The largest absolute Gasteiger partial charge is 0.508 e. The Morgan fingerprint density at radius 1 is 1.22 bits per heavy atom. The predicted octanol–water partition coefficient (Wildman–Crippen LogP) is 4.62. The summed E-state index contributed by atoms with van der Waals surface area (Å²) in [5, 5.41) is 10.3. The molecule has 0 aromatic heterocycles. The molecule has 0 unspecified atom stereocenters. The molecule has 1 aromatic rings. The van der Waals surface area contributed by atoms with E-state index < -0.39 is 8.32 Å². The second-order valence-corrected chi connectivity index (χ2v) is 14.3. The van der Waals surface area contributed by atoms with E-state index in [1.807, 2.05) is 30.0 Å². The highest BCUT2D eigenvalue weighted by atomic mass is 28.4. The van der Waals surface area contributed by atoms with Crippen LogP contribution in [0.25, 0.3) is 0 Å². The zero-order valence-electron chi connectivity index (χ0n) is 17.8. The van der Waals surface area contributed by atoms with Crippen LogP contribution in [-0.4, -0.2) is 43.5 Å². The van der Waals surface area contributed by atoms with Gasteiger partial charge in [0.1, 0.15) is 12.0 Å². The van der Waals surface area contributed by atoms with Crippen molar-refractivity contribution in [1.82, 2.24) is 4.90 Å². The van der Waals surface area contributed by atoms with Gasteiger partial charge in [-0.1, -0.05) is 26.3 Å². The highest BCUT2D eigenvalue weighted by Gasteiger charge is 2.47. The number of carbonyl (C=O) groups excluding carboxylic acids is 1. The molecule has 1 amide bonds. The third kappa shape index (κ3) is 3.29. The zero-order chi connectivity index (χ0) is 20.3. The van der Waals surface area contributed by atoms with Crippen LogP contribution in [0.1, 0.15) is 50.0 Å². The van der Waals surface area contributed by atoms with Gasteiger partial charge in [-0.15, -0.1) is 0 Å². The smallest absolute Gasteiger partial charge is 0.260 e. The Bertz CT molecular complexity index is 810. The Morgan fingerprint density at radius 3 is 2.44 bits per heavy atom. The average molecular weight is 389 g/mol. The van der Waals surface area contributed by atoms with Gasteiger partial charge in [0.25, 0.3) is 5.91 Å². The van der Waals surface area contributed by atoms with Crippen LogP contribution < -0.4 is 4.90 Å². The molecule has 1 N–H and O–H groups in total. The van der Waals surface area contributed by atoms with Crippen LogP contribution in [0.5, 0.6) is 5.75 Å². The van der Waals surface area contributed by atoms with Crippen molar-refractivity contribution in [3.8, 4) is 5.75 Å². The van der Waals surface area contributed by atoms with Gasteiger partial charge in [0.05, 0.1) is 17.3 Å². The summed E-state index contributed by atoms with van der Waals surface area (Å²) in [6.45, 7) is 15.0. The molecule has 1 aromatic carbocycles. The molecule has 3 rings (SSSR count). The number of aromatic hydroxyl groups is 1. The van der Waals surface area contributed by atoms with E-state index >= 15 is 0 Å². The summed E-state index contributed by atoms with van der Waals surface area (Å²) >= 11 is 0. The lowest BCUT2D eigenvalue weighted by molar-refractivity contribution is 0.0619. The number of amides is 1. The standard InChI is InChI=1S/C21H32N2O3Si/c1-13-9-17-20(26-27(7,8)21(3,4)5)22(6)16-11-18(24)14(2)10-15(16)19(25)23(17)12-13/h10-12,17,20,24H,9H2,1-8H3/t17-,20-/m0/s1. The van der Waals surface area contributed by atoms with Gasteiger partial charge in [-0.3, -0.25) is 4.79 Å². The van der Waals surface area contributed by atoms with Crippen molar-refractivity contribution in [3.63, 3.8) is 0 Å². The number of carbonyl (C=O) groups is 1. The van der Waals surface area contributed by atoms with Crippen molar-refractivity contribution in [2.75, 3.05) is 11.9 Å². The Hall–Kier alpha value is -1.79. The lowest BCUT2D eigenvalue weighted by atomic mass is 10.1. The molecule has 148 valence electrons. The van der Waals surface area contributed by atoms with Crippen LogP contribution in [-0.2, 0) is 4.43 Å². The summed E-state index contributed by atoms with van der Waals surface area (Å²) in [6.07, 6.45) is 2.50. The third-order valence-corrected chi connectivity index (χ3v) is 10.8. The monoisotopic (exact) mass is 388 g/mol. The molecular formula is C21H32N2O3Si. The molecule has 5 nitrogen and oxygen atoms in total. The number of phenolic OH excluding ortho intramolecular Hbond substituents is 1. The van der Waals surface area contributed by atoms with Crippen LogP contribution in [0.4, 0.5) is 5.69 Å². The molecule has 2 aliphatic heterocycles. The van der Waals surface area contributed by atoms with E-state index in [-0.39, 0.29) is 29.0 Å². The van der Waals surface area contributed by atoms with Gasteiger partial charge in [-0.05, 0) is 50.0 Å². The Balaban J connectivity index is 2.13. The zero-order valence-corrected chi connectivity index (χ0v) is 18.8. The van der Waals surface area contributed by atoms with E-state index in [0.717, 1.165) is 12.1 Å². The second-order valence-electron chi connectivity index (χ2n) is 9.49. The normalized spacial score (nSPS) is 23.1. The highest BCUT2D eigenvalue weighted by molar-refractivity contribution is 6.74. The quantitative estimate of drug-likeness (QED) is 0.751. The van der Waals surface area contributed by atoms with Crippen molar-refractivity contribution in [1.29, 1.82) is 0 Å². The van der Waals surface area contributed by atoms with Crippen molar-refractivity contribution in [3.05, 3.63) is 35.0 Å². The molecule has 0 spiro atoms. The molecular weight excluding hydrogens is 356 g/mol. The maximum atomic E-state index is 13.3. The van der Waals surface area contributed by atoms with Crippen LogP contribution >= 0.6 is 0 Å². The minimum atomic E-state index is -2.07. The van der Waals surface area contributed by atoms with Crippen molar-refractivity contribution < 1.29 is 14.3 Å². The maximum Gasteiger partial charge on any atom is 0.260 e. The van der Waals surface area contributed by atoms with E-state index in [0.29, 0.717) is 11.1 Å². The first-order valence-corrected chi connectivity index (χ1v) is 12.5. The number of nitrogens with zero attached hydrogens (tertiary/aromatic N) is 2. The second kappa shape index (κ2) is 6.38. The average Bonchev–Trinajstić information content (AvgIpc) is 2.91. The van der Waals surface area contributed by atoms with Crippen LogP contribution in [0.15, 0.2) is 23.9 Å². The molecule has 0 aliphatic carbocycles. The van der Waals surface area contributed by atoms with E-state index in [4.69, 9.17) is 4.43 Å². The first kappa shape index (κ1) is 20.0. The highest BCUT2D eigenvalue weighted by Crippen LogP contribution is 2.43. The Morgan fingerprint density at radius 2 is 1.85 bits per heavy atom. The molecule has 0 saturated carbocycles. The number of hydrogen-bond donors (Lipinski definition) is 1. The summed E-state index contributed by atoms with van der Waals surface area (Å²) in [6, 6.07) is 3.42. The number of fused-ring (bicyclic) bond motifs is 2. The van der Waals surface area contributed by atoms with E-state index in [1.54, 1.807) is 12.1 Å². The first-order chi connectivity index (χ1) is 12.3. The molecule has 2 heterocycles. The minimum absolute atomic E-state index is 0.0249. The number of likely N-dealkylation sites (N-methyl/N-ethyl adjacent to an activating group) is 1. The molecule has 0 bridgehead atoms.